The first-order chi connectivity index (χ1) is 14.6. The lowest BCUT2D eigenvalue weighted by molar-refractivity contribution is -0.130. The maximum Gasteiger partial charge on any atom is 0.261 e. The highest BCUT2D eigenvalue weighted by Crippen LogP contribution is 2.23. The van der Waals surface area contributed by atoms with Crippen molar-refractivity contribution in [3.63, 3.8) is 0 Å². The maximum atomic E-state index is 12.7. The summed E-state index contributed by atoms with van der Waals surface area (Å²) in [5, 5.41) is 12.2. The number of hydrogen-bond acceptors (Lipinski definition) is 6. The number of nitrogens with zero attached hydrogens (tertiary/aromatic N) is 6. The van der Waals surface area contributed by atoms with Gasteiger partial charge >= 0.3 is 0 Å². The van der Waals surface area contributed by atoms with E-state index in [1.807, 2.05) is 6.92 Å². The van der Waals surface area contributed by atoms with Crippen molar-refractivity contribution in [1.82, 2.24) is 30.0 Å². The van der Waals surface area contributed by atoms with Gasteiger partial charge in [-0.1, -0.05) is 18.2 Å². The summed E-state index contributed by atoms with van der Waals surface area (Å²) >= 11 is 0. The second-order valence-corrected chi connectivity index (χ2v) is 7.37. The van der Waals surface area contributed by atoms with E-state index in [0.29, 0.717) is 23.5 Å². The van der Waals surface area contributed by atoms with Crippen LogP contribution in [0.15, 0.2) is 36.0 Å². The molecule has 0 atom stereocenters. The number of rotatable bonds is 7. The summed E-state index contributed by atoms with van der Waals surface area (Å²) in [6.45, 7) is 2.73. The zero-order chi connectivity index (χ0) is 21.1. The van der Waals surface area contributed by atoms with Gasteiger partial charge in [0.25, 0.3) is 11.8 Å². The van der Waals surface area contributed by atoms with Gasteiger partial charge < -0.3 is 4.90 Å². The first kappa shape index (κ1) is 19.9. The van der Waals surface area contributed by atoms with Gasteiger partial charge in [-0.05, 0) is 50.0 Å². The van der Waals surface area contributed by atoms with E-state index in [-0.39, 0.29) is 37.2 Å². The van der Waals surface area contributed by atoms with Crippen molar-refractivity contribution in [3.8, 4) is 0 Å². The molecule has 0 spiro atoms. The van der Waals surface area contributed by atoms with Crippen molar-refractivity contribution in [2.24, 2.45) is 0 Å². The molecule has 2 heterocycles. The number of carbonyl (C=O) groups excluding carboxylic acids is 3. The number of carbonyl (C=O) groups is 3. The molecule has 1 aromatic carbocycles. The average molecular weight is 408 g/mol. The van der Waals surface area contributed by atoms with Crippen LogP contribution in [-0.2, 0) is 17.8 Å². The molecule has 0 saturated heterocycles. The van der Waals surface area contributed by atoms with Crippen LogP contribution in [0, 0.1) is 0 Å². The van der Waals surface area contributed by atoms with Crippen LogP contribution >= 0.6 is 0 Å². The van der Waals surface area contributed by atoms with Crippen molar-refractivity contribution in [3.05, 3.63) is 53.0 Å². The predicted octanol–water partition coefficient (Wildman–Crippen LogP) is 1.82. The summed E-state index contributed by atoms with van der Waals surface area (Å²) in [5.74, 6) is -0.302. The van der Waals surface area contributed by atoms with Crippen molar-refractivity contribution in [2.45, 2.75) is 45.6 Å². The molecule has 0 bridgehead atoms. The highest BCUT2D eigenvalue weighted by atomic mass is 16.2. The molecule has 2 aliphatic rings. The van der Waals surface area contributed by atoms with Crippen LogP contribution in [-0.4, -0.2) is 60.8 Å². The fourth-order valence-electron chi connectivity index (χ4n) is 3.91. The van der Waals surface area contributed by atoms with E-state index in [9.17, 15) is 14.4 Å². The molecule has 0 saturated carbocycles. The smallest absolute Gasteiger partial charge is 0.261 e. The second kappa shape index (κ2) is 8.56. The molecule has 0 fully saturated rings. The molecular formula is C21H24N6O3. The van der Waals surface area contributed by atoms with Crippen LogP contribution in [0.2, 0.25) is 0 Å². The Morgan fingerprint density at radius 3 is 2.50 bits per heavy atom. The van der Waals surface area contributed by atoms with Gasteiger partial charge in [-0.3, -0.25) is 19.3 Å². The predicted molar refractivity (Wildman–Crippen MR) is 107 cm³/mol. The van der Waals surface area contributed by atoms with E-state index in [4.69, 9.17) is 0 Å². The third-order valence-corrected chi connectivity index (χ3v) is 5.44. The van der Waals surface area contributed by atoms with Crippen molar-refractivity contribution < 1.29 is 14.4 Å². The lowest BCUT2D eigenvalue weighted by Crippen LogP contribution is -2.34. The second-order valence-electron chi connectivity index (χ2n) is 7.37. The SMILES string of the molecule is CCN(C(=O)Cn1nnc(CCN2C(=O)c3ccccc3C2=O)n1)C1=CCCCC1. The van der Waals surface area contributed by atoms with Crippen LogP contribution in [0.3, 0.4) is 0 Å². The van der Waals surface area contributed by atoms with E-state index in [1.165, 1.54) is 9.70 Å². The molecule has 1 aromatic heterocycles. The van der Waals surface area contributed by atoms with Crippen LogP contribution in [0.4, 0.5) is 0 Å². The minimum absolute atomic E-state index is 0.00516. The number of fused-ring (bicyclic) bond motifs is 1. The highest BCUT2D eigenvalue weighted by Gasteiger charge is 2.34. The fourth-order valence-corrected chi connectivity index (χ4v) is 3.91. The topological polar surface area (TPSA) is 101 Å². The molecule has 30 heavy (non-hydrogen) atoms. The Morgan fingerprint density at radius 1 is 1.13 bits per heavy atom. The number of tetrazole rings is 1. The standard InChI is InChI=1S/C21H24N6O3/c1-2-25(15-8-4-3-5-9-15)19(28)14-27-23-18(22-24-27)12-13-26-20(29)16-10-6-7-11-17(16)21(26)30/h6-8,10-11H,2-5,9,12-14H2,1H3. The first-order valence-electron chi connectivity index (χ1n) is 10.3. The third-order valence-electron chi connectivity index (χ3n) is 5.44. The van der Waals surface area contributed by atoms with Gasteiger partial charge in [0.2, 0.25) is 5.91 Å². The zero-order valence-corrected chi connectivity index (χ0v) is 17.0. The quantitative estimate of drug-likeness (QED) is 0.648. The normalized spacial score (nSPS) is 15.9. The highest BCUT2D eigenvalue weighted by molar-refractivity contribution is 6.21. The molecule has 2 aromatic rings. The molecule has 3 amide bonds. The minimum Gasteiger partial charge on any atom is -0.315 e. The summed E-state index contributed by atoms with van der Waals surface area (Å²) in [5.41, 5.74) is 1.91. The first-order valence-corrected chi connectivity index (χ1v) is 10.3. The van der Waals surface area contributed by atoms with Crippen LogP contribution in [0.25, 0.3) is 0 Å². The Labute approximate surface area is 174 Å². The Balaban J connectivity index is 1.36. The van der Waals surface area contributed by atoms with Crippen molar-refractivity contribution in [2.75, 3.05) is 13.1 Å². The largest absolute Gasteiger partial charge is 0.315 e. The van der Waals surface area contributed by atoms with Crippen LogP contribution < -0.4 is 0 Å². The van der Waals surface area contributed by atoms with Gasteiger partial charge in [-0.15, -0.1) is 10.2 Å². The van der Waals surface area contributed by atoms with E-state index in [0.717, 1.165) is 31.4 Å². The summed E-state index contributed by atoms with van der Waals surface area (Å²) in [6, 6.07) is 6.77. The number of hydrogen-bond donors (Lipinski definition) is 0. The molecule has 0 unspecified atom stereocenters. The molecule has 0 radical (unpaired) electrons. The van der Waals surface area contributed by atoms with Gasteiger partial charge in [0.1, 0.15) is 6.54 Å². The lowest BCUT2D eigenvalue weighted by Gasteiger charge is -2.26. The molecule has 9 nitrogen and oxygen atoms in total. The van der Waals surface area contributed by atoms with Gasteiger partial charge in [-0.2, -0.15) is 4.80 Å². The Morgan fingerprint density at radius 2 is 1.87 bits per heavy atom. The molecule has 1 aliphatic carbocycles. The van der Waals surface area contributed by atoms with E-state index in [1.54, 1.807) is 29.2 Å². The average Bonchev–Trinajstić information content (AvgIpc) is 3.31. The van der Waals surface area contributed by atoms with E-state index < -0.39 is 0 Å². The summed E-state index contributed by atoms with van der Waals surface area (Å²) in [6.07, 6.45) is 6.59. The number of benzene rings is 1. The number of allylic oxidation sites excluding steroid dienone is 2. The van der Waals surface area contributed by atoms with Crippen molar-refractivity contribution >= 4 is 17.7 Å². The fraction of sp³-hybridized carbons (Fsp3) is 0.429. The Kier molecular flexibility index (Phi) is 5.69. The van der Waals surface area contributed by atoms with E-state index in [2.05, 4.69) is 21.5 Å². The zero-order valence-electron chi connectivity index (χ0n) is 17.0. The third kappa shape index (κ3) is 3.87. The molecule has 4 rings (SSSR count). The number of aromatic nitrogens is 4. The number of likely N-dealkylation sites (N-methyl/N-ethyl adjacent to an activating group) is 1. The lowest BCUT2D eigenvalue weighted by atomic mass is 10.0. The van der Waals surface area contributed by atoms with Crippen LogP contribution in [0.1, 0.15) is 59.1 Å². The monoisotopic (exact) mass is 408 g/mol. The van der Waals surface area contributed by atoms with Crippen molar-refractivity contribution in [1.29, 1.82) is 0 Å². The Hall–Kier alpha value is -3.36. The maximum absolute atomic E-state index is 12.7. The summed E-state index contributed by atoms with van der Waals surface area (Å²) in [7, 11) is 0. The van der Waals surface area contributed by atoms with Crippen LogP contribution in [0.5, 0.6) is 0 Å². The van der Waals surface area contributed by atoms with Gasteiger partial charge in [0.15, 0.2) is 5.82 Å². The molecule has 9 heteroatoms. The number of imide groups is 1. The summed E-state index contributed by atoms with van der Waals surface area (Å²) < 4.78 is 0. The van der Waals surface area contributed by atoms with Gasteiger partial charge in [0, 0.05) is 25.2 Å². The van der Waals surface area contributed by atoms with E-state index >= 15 is 0 Å². The Bertz CT molecular complexity index is 977. The van der Waals surface area contributed by atoms with Gasteiger partial charge in [0.05, 0.1) is 11.1 Å². The minimum atomic E-state index is -0.308. The molecular weight excluding hydrogens is 384 g/mol. The summed E-state index contributed by atoms with van der Waals surface area (Å²) in [4.78, 5) is 41.8. The molecule has 1 aliphatic heterocycles. The molecule has 156 valence electrons. The number of amides is 3. The molecule has 0 N–H and O–H groups in total. The van der Waals surface area contributed by atoms with Gasteiger partial charge in [-0.25, -0.2) is 0 Å².